The lowest BCUT2D eigenvalue weighted by molar-refractivity contribution is 1.37. The highest BCUT2D eigenvalue weighted by molar-refractivity contribution is 7.20. The topological polar surface area (TPSA) is 25.8 Å². The van der Waals surface area contributed by atoms with Crippen LogP contribution in [-0.4, -0.2) is 9.97 Å². The van der Waals surface area contributed by atoms with Crippen molar-refractivity contribution in [2.24, 2.45) is 0 Å². The van der Waals surface area contributed by atoms with Crippen molar-refractivity contribution < 1.29 is 43.9 Å². The van der Waals surface area contributed by atoms with Crippen LogP contribution in [-0.2, 0) is 0 Å². The van der Waals surface area contributed by atoms with Crippen LogP contribution in [0.5, 0.6) is 0 Å². The van der Waals surface area contributed by atoms with Crippen LogP contribution < -0.4 is 0 Å². The molecule has 0 radical (unpaired) electrons. The predicted octanol–water partition coefficient (Wildman–Crippen LogP) is 17.5. The lowest BCUT2D eigenvalue weighted by Gasteiger charge is -2.16. The number of benzene rings is 10. The van der Waals surface area contributed by atoms with Crippen molar-refractivity contribution in [3.8, 4) is 65.5 Å². The van der Waals surface area contributed by atoms with Crippen LogP contribution >= 0.6 is 11.3 Å². The van der Waals surface area contributed by atoms with E-state index < -0.39 is 275 Å². The summed E-state index contributed by atoms with van der Waals surface area (Å²) in [6, 6.07) is -19.0. The van der Waals surface area contributed by atoms with Crippen molar-refractivity contribution in [3.05, 3.63) is 230 Å². The average molecular weight is 875 g/mol. The highest BCUT2D eigenvalue weighted by atomic mass is 32.1. The maximum atomic E-state index is 10.5. The van der Waals surface area contributed by atoms with Gasteiger partial charge >= 0.3 is 0 Å². The summed E-state index contributed by atoms with van der Waals surface area (Å²) in [5.74, 6) is 0. The molecule has 3 heterocycles. The molecule has 0 aliphatic heterocycles. The van der Waals surface area contributed by atoms with Gasteiger partial charge in [-0.3, -0.25) is 4.98 Å². The molecular weight excluding hydrogens is 805 g/mol. The fourth-order valence-electron chi connectivity index (χ4n) is 8.00. The smallest absolute Gasteiger partial charge is 0.0972 e. The number of hydrogen-bond donors (Lipinski definition) is 0. The van der Waals surface area contributed by atoms with Gasteiger partial charge in [0.05, 0.1) is 60.6 Å². The van der Waals surface area contributed by atoms with Crippen LogP contribution in [0.15, 0.2) is 230 Å². The molecule has 13 aromatic rings. The lowest BCUT2D eigenvalue weighted by atomic mass is 9.86. The first-order chi connectivity index (χ1) is 45.6. The summed E-state index contributed by atoms with van der Waals surface area (Å²) >= 11 is 0.319. The molecule has 65 heavy (non-hydrogen) atoms. The Bertz CT molecular complexity index is 5900. The van der Waals surface area contributed by atoms with E-state index in [1.54, 1.807) is 6.07 Å². The van der Waals surface area contributed by atoms with Gasteiger partial charge in [-0.15, -0.1) is 11.3 Å². The van der Waals surface area contributed by atoms with E-state index in [0.717, 1.165) is 0 Å². The number of thiophene rings is 1. The van der Waals surface area contributed by atoms with Gasteiger partial charge in [0, 0.05) is 49.0 Å². The molecule has 0 fully saturated rings. The van der Waals surface area contributed by atoms with Crippen molar-refractivity contribution in [3.63, 3.8) is 0 Å². The zero-order valence-corrected chi connectivity index (χ0v) is 33.6. The molecule has 13 rings (SSSR count). The molecule has 0 atom stereocenters. The minimum absolute atomic E-state index is 0.0745. The van der Waals surface area contributed by atoms with E-state index in [4.69, 9.17) is 22.8 Å². The maximum Gasteiger partial charge on any atom is 0.0972 e. The van der Waals surface area contributed by atoms with Crippen molar-refractivity contribution in [2.45, 2.75) is 0 Å². The number of fused-ring (bicyclic) bond motifs is 7. The third kappa shape index (κ3) is 6.16. The van der Waals surface area contributed by atoms with Gasteiger partial charge < -0.3 is 0 Å². The summed E-state index contributed by atoms with van der Waals surface area (Å²) < 4.78 is 295. The van der Waals surface area contributed by atoms with Gasteiger partial charge in [-0.25, -0.2) is 4.98 Å². The number of aromatic nitrogens is 2. The van der Waals surface area contributed by atoms with E-state index in [9.17, 15) is 26.0 Å². The number of nitrogens with zero attached hydrogens (tertiary/aromatic N) is 2. The lowest BCUT2D eigenvalue weighted by Crippen LogP contribution is -1.91. The Morgan fingerprint density at radius 2 is 0.862 bits per heavy atom. The van der Waals surface area contributed by atoms with E-state index in [1.165, 1.54) is 30.3 Å². The van der Waals surface area contributed by atoms with E-state index in [1.807, 2.05) is 0 Å². The normalized spacial score (nSPS) is 18.6. The third-order valence-electron chi connectivity index (χ3n) is 10.8. The Hall–Kier alpha value is -8.24. The second-order valence-electron chi connectivity index (χ2n) is 14.3. The Kier molecular flexibility index (Phi) is 4.07. The highest BCUT2D eigenvalue weighted by Crippen LogP contribution is 2.55. The molecule has 3 heteroatoms. The first-order valence-electron chi connectivity index (χ1n) is 35.5. The van der Waals surface area contributed by atoms with Crippen LogP contribution in [0.1, 0.15) is 43.9 Å². The number of pyridine rings is 2. The first-order valence-corrected chi connectivity index (χ1v) is 20.4. The van der Waals surface area contributed by atoms with Gasteiger partial charge in [0.25, 0.3) is 0 Å². The monoisotopic (exact) mass is 874 g/mol. The van der Waals surface area contributed by atoms with Gasteiger partial charge in [0.2, 0.25) is 0 Å². The molecule has 0 bridgehead atoms. The van der Waals surface area contributed by atoms with Crippen molar-refractivity contribution >= 4 is 76.2 Å². The molecule has 302 valence electrons. The van der Waals surface area contributed by atoms with Gasteiger partial charge in [0.1, 0.15) is 0 Å². The molecule has 0 N–H and O–H groups in total. The average Bonchev–Trinajstić information content (AvgIpc) is 1.62. The minimum Gasteiger partial charge on any atom is -0.254 e. The number of rotatable bonds is 6. The van der Waals surface area contributed by atoms with E-state index >= 15 is 0 Å². The van der Waals surface area contributed by atoms with Crippen molar-refractivity contribution in [1.82, 2.24) is 9.97 Å². The molecule has 0 saturated carbocycles. The molecule has 0 spiro atoms. The molecule has 0 aliphatic carbocycles. The van der Waals surface area contributed by atoms with Crippen LogP contribution in [0.25, 0.3) is 130 Å². The van der Waals surface area contributed by atoms with Crippen LogP contribution in [0, 0.1) is 0 Å². The molecule has 0 saturated heterocycles. The van der Waals surface area contributed by atoms with E-state index in [2.05, 4.69) is 4.98 Å². The minimum atomic E-state index is -1.08. The first kappa shape index (κ1) is 17.4. The molecule has 3 aromatic heterocycles. The van der Waals surface area contributed by atoms with E-state index in [0.29, 0.717) is 11.3 Å². The summed E-state index contributed by atoms with van der Waals surface area (Å²) in [6.45, 7) is 0. The second-order valence-corrected chi connectivity index (χ2v) is 15.4. The van der Waals surface area contributed by atoms with Gasteiger partial charge in [-0.05, 0) is 89.0 Å². The SMILES string of the molecule is [2H]c1nc2c(c([2H])c1[2H])c([2H])c([2H])c1c([2H])c([2H])c(-c3ccc(-c4c([2H])c([2H])c([2H])c(-c5sc(-c6c([2H])c([2H])c([2H])c7c([2H])c([2H])c([2H])c([2H])c67)c(-c6c([2H])c([2H])c([2H])c7c([2H])c([2H])c([2H])c([2H])c67)c5-c5c([2H])c([2H])c([2H])c6c([2H])c([2H])c([2H])c([2H])c56)c4[2H])c4ccccc34)nc12. The van der Waals surface area contributed by atoms with Gasteiger partial charge in [0.15, 0.2) is 0 Å². The van der Waals surface area contributed by atoms with Crippen LogP contribution in [0.2, 0.25) is 0 Å². The standard InChI is InChI=1S/C62H38N2S/c1-4-23-46-39(14-1)17-10-28-53(46)57-58(54-29-11-18-40-15-2-5-24-47(40)54)62(55-30-12-19-41-16-3-6-25-48(41)55)65-61(57)45-21-9-20-44(38-45)49-34-35-52(51-27-8-7-26-50(49)51)56-36-33-43-32-31-42-22-13-37-63-59(42)60(43)64-56/h1-38H/i1D,2D,3D,4D,5D,6D,9D,10D,11D,12D,13D,14D,15D,16D,17D,18D,19D,20D,21D,22D,23D,24D,25D,28D,29D,30D,31D,32D,33D,36D,37D,38D. The Morgan fingerprint density at radius 3 is 1.55 bits per heavy atom. The fraction of sp³-hybridized carbons (Fsp3) is 0. The van der Waals surface area contributed by atoms with E-state index in [-0.39, 0.29) is 49.4 Å². The third-order valence-corrected chi connectivity index (χ3v) is 12.0. The maximum absolute atomic E-state index is 10.5. The van der Waals surface area contributed by atoms with Gasteiger partial charge in [-0.1, -0.05) is 206 Å². The molecule has 0 amide bonds. The summed E-state index contributed by atoms with van der Waals surface area (Å²) in [5, 5.41) is -4.67. The number of hydrogen-bond acceptors (Lipinski definition) is 3. The zero-order valence-electron chi connectivity index (χ0n) is 64.8. The summed E-state index contributed by atoms with van der Waals surface area (Å²) in [7, 11) is 0. The van der Waals surface area contributed by atoms with Crippen LogP contribution in [0.3, 0.4) is 0 Å². The van der Waals surface area contributed by atoms with Crippen molar-refractivity contribution in [2.75, 3.05) is 0 Å². The molecular formula is C62H38N2S. The highest BCUT2D eigenvalue weighted by Gasteiger charge is 2.27. The zero-order chi connectivity index (χ0) is 70.7. The molecule has 2 nitrogen and oxygen atoms in total. The molecule has 10 aromatic carbocycles. The summed E-state index contributed by atoms with van der Waals surface area (Å²) in [4.78, 5) is 7.60. The van der Waals surface area contributed by atoms with Crippen LogP contribution in [0.4, 0.5) is 0 Å². The fourth-order valence-corrected chi connectivity index (χ4v) is 9.28. The Labute approximate surface area is 425 Å². The molecule has 0 aliphatic rings. The van der Waals surface area contributed by atoms with Crippen molar-refractivity contribution in [1.29, 1.82) is 0 Å². The Balaban J connectivity index is 1.26. The second kappa shape index (κ2) is 15.2. The predicted molar refractivity (Wildman–Crippen MR) is 278 cm³/mol. The summed E-state index contributed by atoms with van der Waals surface area (Å²) in [5.41, 5.74) is -5.89. The largest absolute Gasteiger partial charge is 0.254 e. The van der Waals surface area contributed by atoms with Gasteiger partial charge in [-0.2, -0.15) is 0 Å². The molecule has 0 unspecified atom stereocenters. The Morgan fingerprint density at radius 1 is 0.354 bits per heavy atom. The summed E-state index contributed by atoms with van der Waals surface area (Å²) in [6.07, 6.45) is -0.680. The quantitative estimate of drug-likeness (QED) is 0.156.